The second-order valence-electron chi connectivity index (χ2n) is 6.57. The van der Waals surface area contributed by atoms with Crippen LogP contribution in [0.5, 0.6) is 0 Å². The van der Waals surface area contributed by atoms with Crippen molar-refractivity contribution in [1.29, 1.82) is 0 Å². The SMILES string of the molecule is CCCS(=O)(=O)N1CCCC1C(=O)Nc1ccc2c(c1F)CCNC2. The number of carbonyl (C=O) groups excluding carboxylic acids is 1. The van der Waals surface area contributed by atoms with E-state index in [2.05, 4.69) is 10.6 Å². The maximum Gasteiger partial charge on any atom is 0.242 e. The van der Waals surface area contributed by atoms with E-state index in [-0.39, 0.29) is 11.4 Å². The molecule has 1 aromatic rings. The Bertz CT molecular complexity index is 767. The van der Waals surface area contributed by atoms with Crippen molar-refractivity contribution in [1.82, 2.24) is 9.62 Å². The number of hydrogen-bond acceptors (Lipinski definition) is 4. The molecule has 1 saturated heterocycles. The second-order valence-corrected chi connectivity index (χ2v) is 8.61. The number of amides is 1. The summed E-state index contributed by atoms with van der Waals surface area (Å²) in [5, 5.41) is 5.79. The van der Waals surface area contributed by atoms with Crippen molar-refractivity contribution < 1.29 is 17.6 Å². The molecular formula is C17H24FN3O3S. The second kappa shape index (κ2) is 7.39. The van der Waals surface area contributed by atoms with E-state index >= 15 is 0 Å². The highest BCUT2D eigenvalue weighted by Crippen LogP contribution is 2.27. The molecule has 138 valence electrons. The van der Waals surface area contributed by atoms with Gasteiger partial charge in [-0.15, -0.1) is 0 Å². The van der Waals surface area contributed by atoms with Gasteiger partial charge >= 0.3 is 0 Å². The maximum atomic E-state index is 14.7. The van der Waals surface area contributed by atoms with Gasteiger partial charge < -0.3 is 10.6 Å². The molecule has 6 nitrogen and oxygen atoms in total. The molecule has 1 aromatic carbocycles. The van der Waals surface area contributed by atoms with Gasteiger partial charge in [-0.25, -0.2) is 12.8 Å². The molecule has 0 aromatic heterocycles. The normalized spacial score (nSPS) is 21.1. The van der Waals surface area contributed by atoms with Gasteiger partial charge in [0.1, 0.15) is 11.9 Å². The van der Waals surface area contributed by atoms with Crippen molar-refractivity contribution in [2.45, 2.75) is 45.2 Å². The number of fused-ring (bicyclic) bond motifs is 1. The van der Waals surface area contributed by atoms with Crippen molar-refractivity contribution in [2.24, 2.45) is 0 Å². The van der Waals surface area contributed by atoms with E-state index in [0.29, 0.717) is 50.9 Å². The number of halogens is 1. The maximum absolute atomic E-state index is 14.7. The molecule has 0 saturated carbocycles. The molecular weight excluding hydrogens is 345 g/mol. The summed E-state index contributed by atoms with van der Waals surface area (Å²) in [7, 11) is -3.45. The lowest BCUT2D eigenvalue weighted by Crippen LogP contribution is -2.44. The smallest absolute Gasteiger partial charge is 0.242 e. The molecule has 0 aliphatic carbocycles. The summed E-state index contributed by atoms with van der Waals surface area (Å²) in [5.74, 6) is -0.838. The lowest BCUT2D eigenvalue weighted by molar-refractivity contribution is -0.119. The van der Waals surface area contributed by atoms with Crippen LogP contribution in [0.25, 0.3) is 0 Å². The van der Waals surface area contributed by atoms with E-state index in [1.165, 1.54) is 4.31 Å². The van der Waals surface area contributed by atoms with Crippen LogP contribution in [0.2, 0.25) is 0 Å². The van der Waals surface area contributed by atoms with Crippen LogP contribution in [0, 0.1) is 5.82 Å². The topological polar surface area (TPSA) is 78.5 Å². The molecule has 2 aliphatic heterocycles. The molecule has 1 unspecified atom stereocenters. The van der Waals surface area contributed by atoms with Crippen LogP contribution in [0.4, 0.5) is 10.1 Å². The Hall–Kier alpha value is -1.51. The lowest BCUT2D eigenvalue weighted by Gasteiger charge is -2.24. The first kappa shape index (κ1) is 18.3. The fraction of sp³-hybridized carbons (Fsp3) is 0.588. The molecule has 25 heavy (non-hydrogen) atoms. The zero-order valence-electron chi connectivity index (χ0n) is 14.3. The molecule has 2 aliphatic rings. The summed E-state index contributed by atoms with van der Waals surface area (Å²) in [6.45, 7) is 3.46. The summed E-state index contributed by atoms with van der Waals surface area (Å²) in [6, 6.07) is 2.60. The summed E-state index contributed by atoms with van der Waals surface area (Å²) in [6.07, 6.45) is 2.18. The van der Waals surface area contributed by atoms with Crippen LogP contribution in [-0.2, 0) is 27.8 Å². The molecule has 2 heterocycles. The van der Waals surface area contributed by atoms with Crippen LogP contribution in [-0.4, -0.2) is 43.5 Å². The highest BCUT2D eigenvalue weighted by Gasteiger charge is 2.38. The van der Waals surface area contributed by atoms with Gasteiger partial charge in [-0.2, -0.15) is 4.31 Å². The van der Waals surface area contributed by atoms with Gasteiger partial charge in [-0.05, 0) is 49.4 Å². The summed E-state index contributed by atoms with van der Waals surface area (Å²) < 4.78 is 40.6. The fourth-order valence-electron chi connectivity index (χ4n) is 3.56. The molecule has 0 radical (unpaired) electrons. The van der Waals surface area contributed by atoms with Crippen LogP contribution >= 0.6 is 0 Å². The van der Waals surface area contributed by atoms with Gasteiger partial charge in [0.05, 0.1) is 11.4 Å². The van der Waals surface area contributed by atoms with Crippen molar-refractivity contribution >= 4 is 21.6 Å². The van der Waals surface area contributed by atoms with Crippen LogP contribution in [0.3, 0.4) is 0 Å². The molecule has 1 fully saturated rings. The highest BCUT2D eigenvalue weighted by molar-refractivity contribution is 7.89. The van der Waals surface area contributed by atoms with E-state index in [9.17, 15) is 17.6 Å². The number of sulfonamides is 1. The number of anilines is 1. The monoisotopic (exact) mass is 369 g/mol. The Balaban J connectivity index is 1.78. The van der Waals surface area contributed by atoms with E-state index in [0.717, 1.165) is 5.56 Å². The van der Waals surface area contributed by atoms with Crippen molar-refractivity contribution in [3.8, 4) is 0 Å². The average Bonchev–Trinajstić information content (AvgIpc) is 3.08. The first-order valence-corrected chi connectivity index (χ1v) is 10.4. The van der Waals surface area contributed by atoms with Crippen molar-refractivity contribution in [3.05, 3.63) is 29.1 Å². The zero-order chi connectivity index (χ0) is 18.0. The summed E-state index contributed by atoms with van der Waals surface area (Å²) in [4.78, 5) is 12.6. The Morgan fingerprint density at radius 2 is 2.24 bits per heavy atom. The van der Waals surface area contributed by atoms with Crippen LogP contribution in [0.1, 0.15) is 37.3 Å². The molecule has 1 atom stereocenters. The van der Waals surface area contributed by atoms with Gasteiger partial charge in [-0.3, -0.25) is 4.79 Å². The first-order chi connectivity index (χ1) is 11.9. The van der Waals surface area contributed by atoms with Gasteiger partial charge in [0.15, 0.2) is 0 Å². The van der Waals surface area contributed by atoms with Gasteiger partial charge in [0.25, 0.3) is 0 Å². The van der Waals surface area contributed by atoms with Gasteiger partial charge in [0.2, 0.25) is 15.9 Å². The summed E-state index contributed by atoms with van der Waals surface area (Å²) >= 11 is 0. The average molecular weight is 369 g/mol. The molecule has 8 heteroatoms. The third-order valence-corrected chi connectivity index (χ3v) is 6.87. The number of hydrogen-bond donors (Lipinski definition) is 2. The number of nitrogens with zero attached hydrogens (tertiary/aromatic N) is 1. The van der Waals surface area contributed by atoms with Crippen LogP contribution < -0.4 is 10.6 Å². The predicted octanol–water partition coefficient (Wildman–Crippen LogP) is 1.61. The molecule has 0 spiro atoms. The quantitative estimate of drug-likeness (QED) is 0.827. The van der Waals surface area contributed by atoms with E-state index in [4.69, 9.17) is 0 Å². The first-order valence-electron chi connectivity index (χ1n) is 8.75. The third-order valence-electron chi connectivity index (χ3n) is 4.79. The van der Waals surface area contributed by atoms with Crippen LogP contribution in [0.15, 0.2) is 12.1 Å². The van der Waals surface area contributed by atoms with Crippen molar-refractivity contribution in [3.63, 3.8) is 0 Å². The highest BCUT2D eigenvalue weighted by atomic mass is 32.2. The number of rotatable bonds is 5. The Morgan fingerprint density at radius 1 is 1.44 bits per heavy atom. The Labute approximate surface area is 147 Å². The predicted molar refractivity (Wildman–Crippen MR) is 94.2 cm³/mol. The fourth-order valence-corrected chi connectivity index (χ4v) is 5.30. The number of benzene rings is 1. The Morgan fingerprint density at radius 3 is 3.00 bits per heavy atom. The van der Waals surface area contributed by atoms with Gasteiger partial charge in [0, 0.05) is 13.1 Å². The summed E-state index contributed by atoms with van der Waals surface area (Å²) in [5.41, 5.74) is 1.65. The molecule has 2 N–H and O–H groups in total. The number of nitrogens with one attached hydrogen (secondary N) is 2. The Kier molecular flexibility index (Phi) is 5.41. The minimum Gasteiger partial charge on any atom is -0.322 e. The van der Waals surface area contributed by atoms with E-state index in [1.54, 1.807) is 19.1 Å². The number of carbonyl (C=O) groups is 1. The molecule has 1 amide bonds. The van der Waals surface area contributed by atoms with E-state index in [1.807, 2.05) is 0 Å². The third kappa shape index (κ3) is 3.70. The zero-order valence-corrected chi connectivity index (χ0v) is 15.2. The minimum absolute atomic E-state index is 0.0248. The van der Waals surface area contributed by atoms with Crippen molar-refractivity contribution in [2.75, 3.05) is 24.2 Å². The van der Waals surface area contributed by atoms with E-state index < -0.39 is 27.8 Å². The molecule has 3 rings (SSSR count). The molecule has 0 bridgehead atoms. The largest absolute Gasteiger partial charge is 0.322 e. The lowest BCUT2D eigenvalue weighted by atomic mass is 9.99. The minimum atomic E-state index is -3.45. The van der Waals surface area contributed by atoms with Gasteiger partial charge in [-0.1, -0.05) is 13.0 Å². The standard InChI is InChI=1S/C17H24FN3O3S/c1-2-10-25(23,24)21-9-3-4-15(21)17(22)20-14-6-5-12-11-19-8-7-13(12)16(14)18/h5-6,15,19H,2-4,7-11H2,1H3,(H,20,22).